The quantitative estimate of drug-likeness (QED) is 0.354. The number of hydrogen-bond donors (Lipinski definition) is 2. The van der Waals surface area contributed by atoms with Crippen molar-refractivity contribution < 1.29 is 19.4 Å². The van der Waals surface area contributed by atoms with Gasteiger partial charge in [-0.25, -0.2) is 14.8 Å². The maximum absolute atomic E-state index is 13.1. The van der Waals surface area contributed by atoms with Gasteiger partial charge in [0.25, 0.3) is 0 Å². The smallest absolute Gasteiger partial charge is 0.414 e. The third kappa shape index (κ3) is 6.69. The van der Waals surface area contributed by atoms with Crippen LogP contribution in [0.2, 0.25) is 5.02 Å². The van der Waals surface area contributed by atoms with Gasteiger partial charge in [-0.3, -0.25) is 4.90 Å². The van der Waals surface area contributed by atoms with Crippen molar-refractivity contribution in [2.45, 2.75) is 57.7 Å². The first-order valence-corrected chi connectivity index (χ1v) is 14.7. The van der Waals surface area contributed by atoms with Gasteiger partial charge in [0.2, 0.25) is 5.95 Å². The van der Waals surface area contributed by atoms with Gasteiger partial charge in [0, 0.05) is 41.8 Å². The third-order valence-electron chi connectivity index (χ3n) is 7.72. The van der Waals surface area contributed by atoms with E-state index >= 15 is 0 Å². The monoisotopic (exact) mass is 604 g/mol. The van der Waals surface area contributed by atoms with Crippen LogP contribution in [0.4, 0.5) is 22.1 Å². The van der Waals surface area contributed by atoms with Crippen LogP contribution in [0.25, 0.3) is 11.3 Å². The molecule has 2 aliphatic heterocycles. The second kappa shape index (κ2) is 12.0. The molecule has 226 valence electrons. The zero-order valence-corrected chi connectivity index (χ0v) is 25.9. The Balaban J connectivity index is 1.47. The van der Waals surface area contributed by atoms with Crippen molar-refractivity contribution in [3.63, 3.8) is 0 Å². The highest BCUT2D eigenvalue weighted by Crippen LogP contribution is 2.45. The fourth-order valence-electron chi connectivity index (χ4n) is 5.42. The Kier molecular flexibility index (Phi) is 8.52. The van der Waals surface area contributed by atoms with Gasteiger partial charge in [0.05, 0.1) is 29.2 Å². The Hall–Kier alpha value is -3.91. The number of likely N-dealkylation sites (tertiary alicyclic amines) is 1. The van der Waals surface area contributed by atoms with Crippen molar-refractivity contribution in [3.8, 4) is 23.1 Å². The van der Waals surface area contributed by atoms with Crippen molar-refractivity contribution in [2.75, 3.05) is 43.5 Å². The maximum Gasteiger partial charge on any atom is 0.414 e. The van der Waals surface area contributed by atoms with Gasteiger partial charge >= 0.3 is 6.09 Å². The van der Waals surface area contributed by atoms with E-state index < -0.39 is 17.1 Å². The van der Waals surface area contributed by atoms with Gasteiger partial charge in [-0.2, -0.15) is 5.26 Å². The lowest BCUT2D eigenvalue weighted by Crippen LogP contribution is -2.40. The van der Waals surface area contributed by atoms with Gasteiger partial charge in [-0.1, -0.05) is 18.5 Å². The SMILES string of the molecule is CN1CCC(Oc2ccc(Cl)cc2Nc2nccc(-c3cc(C#N)c4c(c3)C(C)(CO)CN4C(=O)OC(C)(C)C)n2)CC1. The van der Waals surface area contributed by atoms with E-state index in [2.05, 4.69) is 28.3 Å². The summed E-state index contributed by atoms with van der Waals surface area (Å²) >= 11 is 6.34. The maximum atomic E-state index is 13.1. The molecule has 2 N–H and O–H groups in total. The molecule has 43 heavy (non-hydrogen) atoms. The van der Waals surface area contributed by atoms with Crippen LogP contribution in [0.1, 0.15) is 51.7 Å². The summed E-state index contributed by atoms with van der Waals surface area (Å²) in [5.41, 5.74) is 1.75. The zero-order chi connectivity index (χ0) is 30.9. The highest BCUT2D eigenvalue weighted by molar-refractivity contribution is 6.31. The van der Waals surface area contributed by atoms with E-state index in [1.165, 1.54) is 4.90 Å². The molecule has 11 heteroatoms. The number of anilines is 3. The van der Waals surface area contributed by atoms with Crippen LogP contribution < -0.4 is 15.0 Å². The predicted molar refractivity (Wildman–Crippen MR) is 166 cm³/mol. The summed E-state index contributed by atoms with van der Waals surface area (Å²) in [5.74, 6) is 0.991. The number of halogens is 1. The summed E-state index contributed by atoms with van der Waals surface area (Å²) in [7, 11) is 2.11. The topological polar surface area (TPSA) is 124 Å². The van der Waals surface area contributed by atoms with Crippen LogP contribution in [-0.4, -0.2) is 71.1 Å². The van der Waals surface area contributed by atoms with Crippen molar-refractivity contribution in [1.82, 2.24) is 14.9 Å². The van der Waals surface area contributed by atoms with Crippen LogP contribution in [0.5, 0.6) is 5.75 Å². The molecule has 0 saturated carbocycles. The summed E-state index contributed by atoms with van der Waals surface area (Å²) < 4.78 is 12.0. The molecule has 0 bridgehead atoms. The molecule has 1 saturated heterocycles. The minimum atomic E-state index is -0.803. The summed E-state index contributed by atoms with van der Waals surface area (Å²) in [6, 6.07) is 13.0. The Morgan fingerprint density at radius 3 is 2.65 bits per heavy atom. The Morgan fingerprint density at radius 2 is 1.98 bits per heavy atom. The fourth-order valence-corrected chi connectivity index (χ4v) is 5.60. The van der Waals surface area contributed by atoms with Crippen LogP contribution in [0.3, 0.4) is 0 Å². The molecule has 3 heterocycles. The number of carbonyl (C=O) groups is 1. The normalized spacial score (nSPS) is 19.1. The first kappa shape index (κ1) is 30.5. The number of carbonyl (C=O) groups excluding carboxylic acids is 1. The number of rotatable bonds is 6. The molecule has 1 fully saturated rings. The van der Waals surface area contributed by atoms with E-state index in [1.54, 1.807) is 51.2 Å². The number of piperidine rings is 1. The number of amides is 1. The van der Waals surface area contributed by atoms with E-state index in [0.717, 1.165) is 25.9 Å². The van der Waals surface area contributed by atoms with E-state index in [-0.39, 0.29) is 24.8 Å². The number of aliphatic hydroxyl groups excluding tert-OH is 1. The highest BCUT2D eigenvalue weighted by Gasteiger charge is 2.44. The second-order valence-electron chi connectivity index (χ2n) is 12.5. The molecule has 1 amide bonds. The number of fused-ring (bicyclic) bond motifs is 1. The average molecular weight is 605 g/mol. The van der Waals surface area contributed by atoms with Gasteiger partial charge < -0.3 is 24.8 Å². The summed E-state index contributed by atoms with van der Waals surface area (Å²) in [6.45, 7) is 9.13. The molecule has 1 atom stereocenters. The molecular formula is C32H37ClN6O4. The van der Waals surface area contributed by atoms with Crippen LogP contribution in [-0.2, 0) is 10.2 Å². The molecule has 0 aliphatic carbocycles. The highest BCUT2D eigenvalue weighted by atomic mass is 35.5. The number of aromatic nitrogens is 2. The molecule has 1 aromatic heterocycles. The second-order valence-corrected chi connectivity index (χ2v) is 12.9. The summed E-state index contributed by atoms with van der Waals surface area (Å²) in [4.78, 5) is 26.0. The predicted octanol–water partition coefficient (Wildman–Crippen LogP) is 5.89. The summed E-state index contributed by atoms with van der Waals surface area (Å²) in [5, 5.41) is 24.3. The lowest BCUT2D eigenvalue weighted by Gasteiger charge is -2.30. The minimum Gasteiger partial charge on any atom is -0.488 e. The first-order chi connectivity index (χ1) is 20.4. The van der Waals surface area contributed by atoms with Crippen molar-refractivity contribution in [3.05, 3.63) is 58.7 Å². The molecule has 0 spiro atoms. The van der Waals surface area contributed by atoms with Crippen LogP contribution in [0.15, 0.2) is 42.6 Å². The minimum absolute atomic E-state index is 0.0991. The number of ether oxygens (including phenoxy) is 2. The van der Waals surface area contributed by atoms with Crippen molar-refractivity contribution in [1.29, 1.82) is 5.26 Å². The molecule has 1 unspecified atom stereocenters. The average Bonchev–Trinajstić information content (AvgIpc) is 3.27. The Morgan fingerprint density at radius 1 is 1.23 bits per heavy atom. The zero-order valence-electron chi connectivity index (χ0n) is 25.1. The number of hydrogen-bond acceptors (Lipinski definition) is 9. The number of nitrogens with zero attached hydrogens (tertiary/aromatic N) is 5. The lowest BCUT2D eigenvalue weighted by molar-refractivity contribution is 0.0575. The van der Waals surface area contributed by atoms with E-state index in [1.807, 2.05) is 19.1 Å². The number of nitriles is 1. The lowest BCUT2D eigenvalue weighted by atomic mass is 9.83. The van der Waals surface area contributed by atoms with Crippen molar-refractivity contribution in [2.24, 2.45) is 0 Å². The van der Waals surface area contributed by atoms with E-state index in [9.17, 15) is 15.2 Å². The van der Waals surface area contributed by atoms with E-state index in [0.29, 0.717) is 44.9 Å². The van der Waals surface area contributed by atoms with Gasteiger partial charge in [0.15, 0.2) is 0 Å². The number of nitrogens with one attached hydrogen (secondary N) is 1. The molecule has 3 aromatic rings. The number of aliphatic hydroxyl groups is 1. The molecule has 5 rings (SSSR count). The van der Waals surface area contributed by atoms with Gasteiger partial charge in [-0.05, 0) is 82.6 Å². The fraction of sp³-hybridized carbons (Fsp3) is 0.438. The number of benzene rings is 2. The van der Waals surface area contributed by atoms with E-state index in [4.69, 9.17) is 26.1 Å². The molecule has 10 nitrogen and oxygen atoms in total. The van der Waals surface area contributed by atoms with Crippen LogP contribution >= 0.6 is 11.6 Å². The third-order valence-corrected chi connectivity index (χ3v) is 7.95. The Labute approximate surface area is 257 Å². The van der Waals surface area contributed by atoms with Gasteiger partial charge in [0.1, 0.15) is 23.5 Å². The molecule has 2 aromatic carbocycles. The van der Waals surface area contributed by atoms with Crippen molar-refractivity contribution >= 4 is 35.0 Å². The summed E-state index contributed by atoms with van der Waals surface area (Å²) in [6.07, 6.45) is 3.03. The molecule has 0 radical (unpaired) electrons. The largest absolute Gasteiger partial charge is 0.488 e. The first-order valence-electron chi connectivity index (χ1n) is 14.3. The standard InChI is InChI=1S/C32H37ClN6O4/c1-31(2,3)43-30(41)39-18-32(4,19-40)24-15-20(14-21(17-34)28(24)39)25-8-11-35-29(36-25)37-26-16-22(33)6-7-27(26)42-23-9-12-38(5)13-10-23/h6-8,11,14-16,23,40H,9-10,12-13,18-19H2,1-5H3,(H,35,36,37). The Bertz CT molecular complexity index is 1560. The molecule has 2 aliphatic rings. The van der Waals surface area contributed by atoms with Crippen LogP contribution in [0, 0.1) is 11.3 Å². The molecular weight excluding hydrogens is 568 g/mol. The van der Waals surface area contributed by atoms with Gasteiger partial charge in [-0.15, -0.1) is 0 Å².